The van der Waals surface area contributed by atoms with Gasteiger partial charge in [-0.1, -0.05) is 30.3 Å². The van der Waals surface area contributed by atoms with Crippen molar-refractivity contribution < 1.29 is 4.79 Å². The Morgan fingerprint density at radius 1 is 0.964 bits per heavy atom. The van der Waals surface area contributed by atoms with E-state index in [-0.39, 0.29) is 49.2 Å². The van der Waals surface area contributed by atoms with Crippen molar-refractivity contribution in [2.75, 3.05) is 26.2 Å². The molecule has 2 aliphatic rings. The molecule has 0 radical (unpaired) electrons. The first kappa shape index (κ1) is 24.7. The average molecular weight is 446 g/mol. The van der Waals surface area contributed by atoms with Gasteiger partial charge in [0, 0.05) is 45.5 Å². The van der Waals surface area contributed by atoms with E-state index in [0.29, 0.717) is 0 Å². The maximum absolute atomic E-state index is 12.9. The van der Waals surface area contributed by atoms with Crippen molar-refractivity contribution in [1.29, 1.82) is 0 Å². The molecule has 1 atom stereocenters. The average Bonchev–Trinajstić information content (AvgIpc) is 2.68. The summed E-state index contributed by atoms with van der Waals surface area (Å²) >= 11 is 0. The third kappa shape index (κ3) is 5.82. The number of hydrogen-bond donors (Lipinski definition) is 1. The fourth-order valence-electron chi connectivity index (χ4n) is 3.70. The molecule has 1 saturated heterocycles. The number of carbonyl (C=O) groups excluding carboxylic acids is 1. The number of piperazine rings is 1. The molecule has 1 fully saturated rings. The molecule has 0 aliphatic carbocycles. The molecule has 0 saturated carbocycles. The smallest absolute Gasteiger partial charge is 0.240 e. The quantitative estimate of drug-likeness (QED) is 0.789. The number of nitrogens with zero attached hydrogens (tertiary/aromatic N) is 3. The summed E-state index contributed by atoms with van der Waals surface area (Å²) in [6.07, 6.45) is 2.63. The van der Waals surface area contributed by atoms with Crippen molar-refractivity contribution in [2.24, 2.45) is 0 Å². The highest BCUT2D eigenvalue weighted by molar-refractivity contribution is 5.86. The molecule has 4 rings (SSSR count). The predicted molar refractivity (Wildman–Crippen MR) is 119 cm³/mol. The first-order chi connectivity index (χ1) is 12.3. The van der Waals surface area contributed by atoms with E-state index in [0.717, 1.165) is 51.4 Å². The number of nitrogens with one attached hydrogen (secondary N) is 1. The minimum Gasteiger partial charge on any atom is -0.339 e. The van der Waals surface area contributed by atoms with Crippen LogP contribution in [0.1, 0.15) is 16.8 Å². The second kappa shape index (κ2) is 11.6. The fraction of sp³-hybridized carbons (Fsp3) is 0.400. The first-order valence-electron chi connectivity index (χ1n) is 9.01. The Morgan fingerprint density at radius 2 is 1.64 bits per heavy atom. The van der Waals surface area contributed by atoms with Gasteiger partial charge in [-0.2, -0.15) is 0 Å². The van der Waals surface area contributed by atoms with E-state index < -0.39 is 0 Å². The number of hydrogen-bond acceptors (Lipinski definition) is 4. The monoisotopic (exact) mass is 444 g/mol. The van der Waals surface area contributed by atoms with Crippen LogP contribution in [0.2, 0.25) is 0 Å². The number of rotatable bonds is 3. The van der Waals surface area contributed by atoms with Gasteiger partial charge in [-0.25, -0.2) is 0 Å². The predicted octanol–water partition coefficient (Wildman–Crippen LogP) is 2.71. The van der Waals surface area contributed by atoms with E-state index in [1.165, 1.54) is 11.1 Å². The van der Waals surface area contributed by atoms with Crippen LogP contribution in [-0.2, 0) is 24.3 Å². The zero-order valence-corrected chi connectivity index (χ0v) is 18.1. The molecule has 28 heavy (non-hydrogen) atoms. The van der Waals surface area contributed by atoms with Crippen LogP contribution >= 0.6 is 37.2 Å². The molecule has 1 unspecified atom stereocenters. The second-order valence-electron chi connectivity index (χ2n) is 6.83. The zero-order valence-electron chi connectivity index (χ0n) is 15.6. The van der Waals surface area contributed by atoms with E-state index in [1.807, 2.05) is 23.2 Å². The molecule has 154 valence electrons. The largest absolute Gasteiger partial charge is 0.339 e. The number of halogens is 3. The van der Waals surface area contributed by atoms with Gasteiger partial charge in [0.15, 0.2) is 0 Å². The van der Waals surface area contributed by atoms with Crippen LogP contribution < -0.4 is 5.32 Å². The summed E-state index contributed by atoms with van der Waals surface area (Å²) in [6.45, 7) is 5.05. The standard InChI is InChI=1S/C20H24N4O.3ClH/c25-20(19-13-16-5-1-2-6-17(16)14-22-19)24-11-9-23(10-12-24)15-18-7-3-4-8-21-18;;;/h1-8,19,22H,9-15H2;3*1H. The Labute approximate surface area is 185 Å². The van der Waals surface area contributed by atoms with E-state index in [2.05, 4.69) is 45.5 Å². The van der Waals surface area contributed by atoms with Crippen molar-refractivity contribution >= 4 is 43.1 Å². The van der Waals surface area contributed by atoms with Gasteiger partial charge in [-0.05, 0) is 29.7 Å². The SMILES string of the molecule is Cl.Cl.Cl.O=C(C1Cc2ccccc2CN1)N1CCN(Cc2ccccn2)CC1. The molecule has 1 aromatic carbocycles. The molecule has 5 nitrogen and oxygen atoms in total. The summed E-state index contributed by atoms with van der Waals surface area (Å²) < 4.78 is 0. The number of amides is 1. The Morgan fingerprint density at radius 3 is 2.32 bits per heavy atom. The van der Waals surface area contributed by atoms with E-state index >= 15 is 0 Å². The Kier molecular flexibility index (Phi) is 10.2. The molecule has 1 amide bonds. The van der Waals surface area contributed by atoms with Crippen LogP contribution in [0.5, 0.6) is 0 Å². The summed E-state index contributed by atoms with van der Waals surface area (Å²) in [7, 11) is 0. The Bertz CT molecular complexity index is 739. The first-order valence-corrected chi connectivity index (χ1v) is 9.01. The molecule has 1 aromatic heterocycles. The molecule has 1 N–H and O–H groups in total. The number of carbonyl (C=O) groups is 1. The van der Waals surface area contributed by atoms with Crippen molar-refractivity contribution in [3.05, 3.63) is 65.5 Å². The fourth-order valence-corrected chi connectivity index (χ4v) is 3.70. The van der Waals surface area contributed by atoms with E-state index in [9.17, 15) is 4.79 Å². The zero-order chi connectivity index (χ0) is 17.1. The van der Waals surface area contributed by atoms with Gasteiger partial charge < -0.3 is 10.2 Å². The molecule has 0 bridgehead atoms. The van der Waals surface area contributed by atoms with E-state index in [4.69, 9.17) is 0 Å². The number of pyridine rings is 1. The molecule has 8 heteroatoms. The Balaban J connectivity index is 0.00000131. The van der Waals surface area contributed by atoms with Crippen LogP contribution in [0.15, 0.2) is 48.7 Å². The van der Waals surface area contributed by atoms with Gasteiger partial charge in [0.2, 0.25) is 5.91 Å². The molecule has 2 aliphatic heterocycles. The van der Waals surface area contributed by atoms with Crippen LogP contribution in [0, 0.1) is 0 Å². The summed E-state index contributed by atoms with van der Waals surface area (Å²) in [6, 6.07) is 14.3. The van der Waals surface area contributed by atoms with Gasteiger partial charge in [0.25, 0.3) is 0 Å². The molecule has 3 heterocycles. The van der Waals surface area contributed by atoms with Crippen LogP contribution in [0.3, 0.4) is 0 Å². The van der Waals surface area contributed by atoms with Gasteiger partial charge >= 0.3 is 0 Å². The minimum atomic E-state index is -0.0859. The van der Waals surface area contributed by atoms with Crippen LogP contribution in [0.25, 0.3) is 0 Å². The highest BCUT2D eigenvalue weighted by Gasteiger charge is 2.29. The third-order valence-electron chi connectivity index (χ3n) is 5.18. The topological polar surface area (TPSA) is 48.5 Å². The number of fused-ring (bicyclic) bond motifs is 1. The molecule has 2 aromatic rings. The van der Waals surface area contributed by atoms with Crippen molar-refractivity contribution in [3.8, 4) is 0 Å². The highest BCUT2D eigenvalue weighted by atomic mass is 35.5. The summed E-state index contributed by atoms with van der Waals surface area (Å²) in [4.78, 5) is 21.6. The third-order valence-corrected chi connectivity index (χ3v) is 5.18. The van der Waals surface area contributed by atoms with Gasteiger partial charge in [-0.3, -0.25) is 14.7 Å². The van der Waals surface area contributed by atoms with Gasteiger partial charge in [0.05, 0.1) is 11.7 Å². The maximum Gasteiger partial charge on any atom is 0.240 e. The normalized spacial score (nSPS) is 18.7. The maximum atomic E-state index is 12.9. The lowest BCUT2D eigenvalue weighted by molar-refractivity contribution is -0.135. The highest BCUT2D eigenvalue weighted by Crippen LogP contribution is 2.18. The molecule has 0 spiro atoms. The number of aromatic nitrogens is 1. The second-order valence-corrected chi connectivity index (χ2v) is 6.83. The lowest BCUT2D eigenvalue weighted by Gasteiger charge is -2.37. The van der Waals surface area contributed by atoms with Crippen molar-refractivity contribution in [3.63, 3.8) is 0 Å². The number of benzene rings is 1. The van der Waals surface area contributed by atoms with Crippen molar-refractivity contribution in [2.45, 2.75) is 25.6 Å². The van der Waals surface area contributed by atoms with E-state index in [1.54, 1.807) is 0 Å². The lowest BCUT2D eigenvalue weighted by atomic mass is 9.95. The van der Waals surface area contributed by atoms with Gasteiger partial charge in [-0.15, -0.1) is 37.2 Å². The molecular formula is C20H27Cl3N4O. The van der Waals surface area contributed by atoms with Crippen LogP contribution in [-0.4, -0.2) is 52.9 Å². The summed E-state index contributed by atoms with van der Waals surface area (Å²) in [5, 5.41) is 3.41. The van der Waals surface area contributed by atoms with Crippen molar-refractivity contribution in [1.82, 2.24) is 20.1 Å². The summed E-state index contributed by atoms with van der Waals surface area (Å²) in [5.74, 6) is 0.243. The molecular weight excluding hydrogens is 419 g/mol. The van der Waals surface area contributed by atoms with Gasteiger partial charge in [0.1, 0.15) is 0 Å². The Hall–Kier alpha value is -1.37. The summed E-state index contributed by atoms with van der Waals surface area (Å²) in [5.41, 5.74) is 3.70. The lowest BCUT2D eigenvalue weighted by Crippen LogP contribution is -2.55. The van der Waals surface area contributed by atoms with Crippen LogP contribution in [0.4, 0.5) is 0 Å². The minimum absolute atomic E-state index is 0.